The summed E-state index contributed by atoms with van der Waals surface area (Å²) in [6, 6.07) is 13.7. The van der Waals surface area contributed by atoms with E-state index in [0.717, 1.165) is 38.1 Å². The fourth-order valence-corrected chi connectivity index (χ4v) is 4.33. The number of pyridine rings is 1. The van der Waals surface area contributed by atoms with Gasteiger partial charge in [-0.05, 0) is 50.9 Å². The summed E-state index contributed by atoms with van der Waals surface area (Å²) < 4.78 is 0. The smallest absolute Gasteiger partial charge is 0.0705 e. The molecule has 3 heterocycles. The monoisotopic (exact) mass is 325 g/mol. The summed E-state index contributed by atoms with van der Waals surface area (Å²) >= 11 is 0. The number of benzene rings is 1. The molecule has 2 aliphatic heterocycles. The maximum Gasteiger partial charge on any atom is 0.0705 e. The summed E-state index contributed by atoms with van der Waals surface area (Å²) in [7, 11) is 0. The van der Waals surface area contributed by atoms with Crippen molar-refractivity contribution in [3.05, 3.63) is 42.1 Å². The molecular formula is C20H27N3O. The molecule has 0 aliphatic carbocycles. The number of aliphatic hydroxyl groups is 1. The van der Waals surface area contributed by atoms with Gasteiger partial charge in [0.25, 0.3) is 0 Å². The Labute approximate surface area is 144 Å². The van der Waals surface area contributed by atoms with Crippen molar-refractivity contribution >= 4 is 10.9 Å². The summed E-state index contributed by atoms with van der Waals surface area (Å²) in [5.41, 5.74) is 2.26. The van der Waals surface area contributed by atoms with Gasteiger partial charge in [0.1, 0.15) is 0 Å². The fourth-order valence-electron chi connectivity index (χ4n) is 4.33. The topological polar surface area (TPSA) is 39.6 Å². The van der Waals surface area contributed by atoms with Gasteiger partial charge < -0.3 is 5.11 Å². The Morgan fingerprint density at radius 3 is 2.62 bits per heavy atom. The van der Waals surface area contributed by atoms with Crippen molar-refractivity contribution in [2.24, 2.45) is 0 Å². The van der Waals surface area contributed by atoms with E-state index in [-0.39, 0.29) is 0 Å². The highest BCUT2D eigenvalue weighted by Crippen LogP contribution is 2.25. The number of para-hydroxylation sites is 1. The molecule has 2 aromatic rings. The first kappa shape index (κ1) is 16.0. The largest absolute Gasteiger partial charge is 0.395 e. The number of rotatable bonds is 5. The predicted octanol–water partition coefficient (Wildman–Crippen LogP) is 2.66. The Kier molecular flexibility index (Phi) is 4.79. The lowest BCUT2D eigenvalue weighted by Crippen LogP contribution is -2.43. The number of aromatic nitrogens is 1. The molecule has 24 heavy (non-hydrogen) atoms. The van der Waals surface area contributed by atoms with Gasteiger partial charge >= 0.3 is 0 Å². The van der Waals surface area contributed by atoms with Crippen LogP contribution in [0.15, 0.2) is 36.4 Å². The van der Waals surface area contributed by atoms with Crippen molar-refractivity contribution in [1.29, 1.82) is 0 Å². The molecule has 4 rings (SSSR count). The minimum absolute atomic E-state index is 0.305. The van der Waals surface area contributed by atoms with Crippen LogP contribution in [0.1, 0.15) is 31.4 Å². The highest BCUT2D eigenvalue weighted by molar-refractivity contribution is 5.78. The molecule has 128 valence electrons. The zero-order valence-electron chi connectivity index (χ0n) is 14.3. The van der Waals surface area contributed by atoms with Crippen molar-refractivity contribution in [3.8, 4) is 0 Å². The van der Waals surface area contributed by atoms with Gasteiger partial charge in [-0.3, -0.25) is 14.8 Å². The molecule has 2 fully saturated rings. The lowest BCUT2D eigenvalue weighted by Gasteiger charge is -2.31. The van der Waals surface area contributed by atoms with Crippen LogP contribution in [0.5, 0.6) is 0 Å². The first-order chi connectivity index (χ1) is 11.8. The average Bonchev–Trinajstić information content (AvgIpc) is 3.24. The first-order valence-corrected chi connectivity index (χ1v) is 9.27. The van der Waals surface area contributed by atoms with Crippen molar-refractivity contribution in [2.75, 3.05) is 26.2 Å². The number of likely N-dealkylation sites (tertiary alicyclic amines) is 2. The van der Waals surface area contributed by atoms with Crippen LogP contribution in [0.25, 0.3) is 10.9 Å². The van der Waals surface area contributed by atoms with Gasteiger partial charge in [0.2, 0.25) is 0 Å². The van der Waals surface area contributed by atoms with Gasteiger partial charge in [-0.1, -0.05) is 24.3 Å². The quantitative estimate of drug-likeness (QED) is 0.917. The predicted molar refractivity (Wildman–Crippen MR) is 96.9 cm³/mol. The highest BCUT2D eigenvalue weighted by Gasteiger charge is 2.31. The van der Waals surface area contributed by atoms with E-state index in [1.807, 2.05) is 0 Å². The zero-order chi connectivity index (χ0) is 16.4. The van der Waals surface area contributed by atoms with Crippen molar-refractivity contribution < 1.29 is 5.11 Å². The normalized spacial score (nSPS) is 25.7. The standard InChI is InChI=1S/C20H27N3O/c24-15-19-7-4-12-23(19)14-18-6-3-11-22(18)13-17-10-9-16-5-1-2-8-20(16)21-17/h1-2,5,8-10,18-19,24H,3-4,6-7,11-15H2. The molecule has 2 aliphatic rings. The van der Waals surface area contributed by atoms with E-state index >= 15 is 0 Å². The molecular weight excluding hydrogens is 298 g/mol. The van der Waals surface area contributed by atoms with E-state index in [1.54, 1.807) is 0 Å². The van der Waals surface area contributed by atoms with Gasteiger partial charge in [0, 0.05) is 30.6 Å². The summed E-state index contributed by atoms with van der Waals surface area (Å²) in [4.78, 5) is 9.92. The second-order valence-electron chi connectivity index (χ2n) is 7.24. The highest BCUT2D eigenvalue weighted by atomic mass is 16.3. The molecule has 1 aromatic heterocycles. The molecule has 4 nitrogen and oxygen atoms in total. The van der Waals surface area contributed by atoms with Crippen LogP contribution in [0.2, 0.25) is 0 Å². The molecule has 1 N–H and O–H groups in total. The Bertz CT molecular complexity index is 689. The second-order valence-corrected chi connectivity index (χ2v) is 7.24. The van der Waals surface area contributed by atoms with Crippen LogP contribution in [-0.4, -0.2) is 58.2 Å². The molecule has 0 radical (unpaired) electrons. The Morgan fingerprint density at radius 1 is 0.958 bits per heavy atom. The summed E-state index contributed by atoms with van der Waals surface area (Å²) in [5, 5.41) is 10.8. The Morgan fingerprint density at radius 2 is 1.75 bits per heavy atom. The molecule has 2 unspecified atom stereocenters. The molecule has 0 amide bonds. The fraction of sp³-hybridized carbons (Fsp3) is 0.550. The van der Waals surface area contributed by atoms with Crippen LogP contribution in [-0.2, 0) is 6.54 Å². The van der Waals surface area contributed by atoms with Crippen molar-refractivity contribution in [2.45, 2.75) is 44.3 Å². The van der Waals surface area contributed by atoms with E-state index in [4.69, 9.17) is 4.98 Å². The van der Waals surface area contributed by atoms with Gasteiger partial charge in [-0.15, -0.1) is 0 Å². The van der Waals surface area contributed by atoms with Crippen molar-refractivity contribution in [1.82, 2.24) is 14.8 Å². The van der Waals surface area contributed by atoms with Crippen molar-refractivity contribution in [3.63, 3.8) is 0 Å². The van der Waals surface area contributed by atoms with Crippen LogP contribution < -0.4 is 0 Å². The van der Waals surface area contributed by atoms with Crippen LogP contribution in [0.3, 0.4) is 0 Å². The van der Waals surface area contributed by atoms with E-state index in [1.165, 1.54) is 30.3 Å². The number of hydrogen-bond donors (Lipinski definition) is 1. The molecule has 0 bridgehead atoms. The third kappa shape index (κ3) is 3.32. The van der Waals surface area contributed by atoms with Crippen LogP contribution in [0.4, 0.5) is 0 Å². The number of nitrogens with zero attached hydrogens (tertiary/aromatic N) is 3. The van der Waals surface area contributed by atoms with E-state index in [0.29, 0.717) is 18.7 Å². The van der Waals surface area contributed by atoms with Gasteiger partial charge in [-0.2, -0.15) is 0 Å². The summed E-state index contributed by atoms with van der Waals surface area (Å²) in [5.74, 6) is 0. The maximum absolute atomic E-state index is 9.55. The van der Waals surface area contributed by atoms with Gasteiger partial charge in [0.05, 0.1) is 17.8 Å². The van der Waals surface area contributed by atoms with Crippen LogP contribution in [0, 0.1) is 0 Å². The summed E-state index contributed by atoms with van der Waals surface area (Å²) in [6.07, 6.45) is 4.91. The zero-order valence-corrected chi connectivity index (χ0v) is 14.3. The average molecular weight is 325 g/mol. The van der Waals surface area contributed by atoms with Gasteiger partial charge in [0.15, 0.2) is 0 Å². The minimum atomic E-state index is 0.305. The Hall–Kier alpha value is -1.49. The molecule has 1 aromatic carbocycles. The third-order valence-corrected chi connectivity index (χ3v) is 5.68. The van der Waals surface area contributed by atoms with Crippen LogP contribution >= 0.6 is 0 Å². The third-order valence-electron chi connectivity index (χ3n) is 5.68. The van der Waals surface area contributed by atoms with E-state index in [2.05, 4.69) is 46.2 Å². The second kappa shape index (κ2) is 7.18. The lowest BCUT2D eigenvalue weighted by molar-refractivity contribution is 0.119. The minimum Gasteiger partial charge on any atom is -0.395 e. The number of fused-ring (bicyclic) bond motifs is 1. The maximum atomic E-state index is 9.55. The molecule has 0 spiro atoms. The number of hydrogen-bond acceptors (Lipinski definition) is 4. The molecule has 2 atom stereocenters. The number of aliphatic hydroxyl groups excluding tert-OH is 1. The lowest BCUT2D eigenvalue weighted by atomic mass is 10.1. The Balaban J connectivity index is 1.44. The van der Waals surface area contributed by atoms with Gasteiger partial charge in [-0.25, -0.2) is 0 Å². The van der Waals surface area contributed by atoms with E-state index < -0.39 is 0 Å². The molecule has 0 saturated carbocycles. The molecule has 4 heteroatoms. The summed E-state index contributed by atoms with van der Waals surface area (Å²) in [6.45, 7) is 4.64. The SMILES string of the molecule is OCC1CCCN1CC1CCCN1Cc1ccc2ccccc2n1. The van der Waals surface area contributed by atoms with E-state index in [9.17, 15) is 5.11 Å². The molecule has 2 saturated heterocycles. The first-order valence-electron chi connectivity index (χ1n) is 9.27.